The van der Waals surface area contributed by atoms with Crippen LogP contribution in [0.3, 0.4) is 0 Å². The molecule has 1 saturated heterocycles. The van der Waals surface area contributed by atoms with Crippen LogP contribution in [0, 0.1) is 0 Å². The molecule has 0 saturated carbocycles. The Morgan fingerprint density at radius 1 is 1.40 bits per heavy atom. The minimum absolute atomic E-state index is 0.0950. The summed E-state index contributed by atoms with van der Waals surface area (Å²) in [5.41, 5.74) is 0. The quantitative estimate of drug-likeness (QED) is 0.702. The van der Waals surface area contributed by atoms with Crippen LogP contribution in [0.2, 0.25) is 0 Å². The van der Waals surface area contributed by atoms with Crippen LogP contribution in [0.4, 0.5) is 4.79 Å². The molecule has 0 unspecified atom stereocenters. The highest BCUT2D eigenvalue weighted by atomic mass is 16.5. The summed E-state index contributed by atoms with van der Waals surface area (Å²) in [6.45, 7) is 2.13. The van der Waals surface area contributed by atoms with E-state index in [1.807, 2.05) is 0 Å². The molecule has 1 aliphatic heterocycles. The fourth-order valence-electron chi connectivity index (χ4n) is 1.33. The third kappa shape index (κ3) is 2.77. The van der Waals surface area contributed by atoms with E-state index < -0.39 is 0 Å². The van der Waals surface area contributed by atoms with Crippen molar-refractivity contribution in [3.63, 3.8) is 0 Å². The molecule has 0 spiro atoms. The Balaban J connectivity index is 1.87. The number of nitrogens with zero attached hydrogens (tertiary/aromatic N) is 2. The van der Waals surface area contributed by atoms with Crippen LogP contribution in [0.5, 0.6) is 0 Å². The van der Waals surface area contributed by atoms with Crippen molar-refractivity contribution < 1.29 is 14.3 Å². The lowest BCUT2D eigenvalue weighted by atomic mass is 10.3. The smallest absolute Gasteiger partial charge is 0.327 e. The second-order valence-corrected chi connectivity index (χ2v) is 3.27. The maximum Gasteiger partial charge on any atom is 0.327 e. The molecule has 6 heteroatoms. The summed E-state index contributed by atoms with van der Waals surface area (Å²) >= 11 is 0. The molecule has 1 aliphatic rings. The normalized spacial score (nSPS) is 18.4. The van der Waals surface area contributed by atoms with Crippen molar-refractivity contribution in [2.45, 2.75) is 6.04 Å². The number of amides is 1. The van der Waals surface area contributed by atoms with Crippen LogP contribution in [0.25, 0.3) is 0 Å². The van der Waals surface area contributed by atoms with Crippen LogP contribution in [0.15, 0.2) is 18.7 Å². The Morgan fingerprint density at radius 3 is 2.73 bits per heavy atom. The fraction of sp³-hybridized carbons (Fsp3) is 0.556. The van der Waals surface area contributed by atoms with Gasteiger partial charge in [0.25, 0.3) is 0 Å². The van der Waals surface area contributed by atoms with Crippen LogP contribution in [-0.2, 0) is 9.47 Å². The number of aromatic nitrogens is 2. The number of hydrogen-bond donors (Lipinski definition) is 1. The lowest BCUT2D eigenvalue weighted by Crippen LogP contribution is -2.42. The summed E-state index contributed by atoms with van der Waals surface area (Å²) in [7, 11) is 0. The number of carbonyl (C=O) groups is 1. The topological polar surface area (TPSA) is 65.4 Å². The van der Waals surface area contributed by atoms with Gasteiger partial charge in [-0.05, 0) is 0 Å². The summed E-state index contributed by atoms with van der Waals surface area (Å²) in [6, 6.07) is -0.311. The molecule has 0 bridgehead atoms. The monoisotopic (exact) mass is 211 g/mol. The number of hydrogen-bond acceptors (Lipinski definition) is 4. The predicted molar refractivity (Wildman–Crippen MR) is 51.6 cm³/mol. The fourth-order valence-corrected chi connectivity index (χ4v) is 1.33. The summed E-state index contributed by atoms with van der Waals surface area (Å²) in [4.78, 5) is 15.4. The van der Waals surface area contributed by atoms with Crippen LogP contribution in [-0.4, -0.2) is 48.1 Å². The van der Waals surface area contributed by atoms with Crippen molar-refractivity contribution >= 4 is 6.03 Å². The largest absolute Gasteiger partial charge is 0.377 e. The van der Waals surface area contributed by atoms with Gasteiger partial charge in [-0.2, -0.15) is 0 Å². The summed E-state index contributed by atoms with van der Waals surface area (Å²) < 4.78 is 11.9. The summed E-state index contributed by atoms with van der Waals surface area (Å²) in [5, 5.41) is 2.80. The Kier molecular flexibility index (Phi) is 3.31. The number of rotatable bonds is 1. The van der Waals surface area contributed by atoms with E-state index in [0.717, 1.165) is 0 Å². The zero-order valence-electron chi connectivity index (χ0n) is 8.26. The van der Waals surface area contributed by atoms with Gasteiger partial charge in [0.15, 0.2) is 0 Å². The summed E-state index contributed by atoms with van der Waals surface area (Å²) in [6.07, 6.45) is 4.60. The van der Waals surface area contributed by atoms with Crippen molar-refractivity contribution in [2.24, 2.45) is 0 Å². The first-order chi connectivity index (χ1) is 7.36. The molecule has 1 amide bonds. The highest BCUT2D eigenvalue weighted by molar-refractivity contribution is 5.76. The number of ether oxygens (including phenoxy) is 2. The first kappa shape index (κ1) is 10.1. The zero-order valence-corrected chi connectivity index (χ0v) is 8.26. The predicted octanol–water partition coefficient (Wildman–Crippen LogP) is -0.144. The van der Waals surface area contributed by atoms with Gasteiger partial charge in [0.05, 0.1) is 32.5 Å². The van der Waals surface area contributed by atoms with Gasteiger partial charge in [0.1, 0.15) is 6.33 Å². The minimum Gasteiger partial charge on any atom is -0.377 e. The molecule has 1 aromatic heterocycles. The van der Waals surface area contributed by atoms with E-state index in [0.29, 0.717) is 26.4 Å². The molecule has 15 heavy (non-hydrogen) atoms. The van der Waals surface area contributed by atoms with Gasteiger partial charge < -0.3 is 14.8 Å². The maximum absolute atomic E-state index is 11.6. The highest BCUT2D eigenvalue weighted by Gasteiger charge is 2.15. The highest BCUT2D eigenvalue weighted by Crippen LogP contribution is 1.96. The van der Waals surface area contributed by atoms with E-state index in [4.69, 9.17) is 9.47 Å². The van der Waals surface area contributed by atoms with E-state index in [2.05, 4.69) is 10.3 Å². The van der Waals surface area contributed by atoms with Gasteiger partial charge in [0, 0.05) is 12.4 Å². The second kappa shape index (κ2) is 4.90. The molecule has 0 radical (unpaired) electrons. The van der Waals surface area contributed by atoms with Gasteiger partial charge in [-0.1, -0.05) is 0 Å². The molecule has 0 aromatic carbocycles. The molecule has 1 fully saturated rings. The standard InChI is InChI=1S/C9H13N3O3/c13-9(12-2-1-10-7-12)11-8-5-14-3-4-15-6-8/h1-2,7-8H,3-6H2,(H,11,13). The first-order valence-corrected chi connectivity index (χ1v) is 4.80. The van der Waals surface area contributed by atoms with Crippen molar-refractivity contribution in [1.82, 2.24) is 14.9 Å². The Labute approximate surface area is 87.2 Å². The lowest BCUT2D eigenvalue weighted by molar-refractivity contribution is 0.103. The molecular weight excluding hydrogens is 198 g/mol. The van der Waals surface area contributed by atoms with Gasteiger partial charge in [-0.3, -0.25) is 4.57 Å². The average molecular weight is 211 g/mol. The maximum atomic E-state index is 11.6. The van der Waals surface area contributed by atoms with Crippen molar-refractivity contribution in [3.8, 4) is 0 Å². The van der Waals surface area contributed by atoms with Crippen molar-refractivity contribution in [2.75, 3.05) is 26.4 Å². The zero-order chi connectivity index (χ0) is 10.5. The Bertz CT molecular complexity index is 304. The van der Waals surface area contributed by atoms with E-state index >= 15 is 0 Å². The summed E-state index contributed by atoms with van der Waals surface area (Å²) in [5.74, 6) is 0. The van der Waals surface area contributed by atoms with Crippen LogP contribution >= 0.6 is 0 Å². The molecular formula is C9H13N3O3. The van der Waals surface area contributed by atoms with E-state index in [1.54, 1.807) is 12.4 Å². The van der Waals surface area contributed by atoms with Gasteiger partial charge in [0.2, 0.25) is 0 Å². The number of imidazole rings is 1. The van der Waals surface area contributed by atoms with Gasteiger partial charge in [-0.25, -0.2) is 9.78 Å². The van der Waals surface area contributed by atoms with Crippen LogP contribution in [0.1, 0.15) is 0 Å². The molecule has 0 aliphatic carbocycles. The second-order valence-electron chi connectivity index (χ2n) is 3.27. The first-order valence-electron chi connectivity index (χ1n) is 4.80. The van der Waals surface area contributed by atoms with Crippen molar-refractivity contribution in [3.05, 3.63) is 18.7 Å². The molecule has 82 valence electrons. The third-order valence-electron chi connectivity index (χ3n) is 2.08. The van der Waals surface area contributed by atoms with E-state index in [-0.39, 0.29) is 12.1 Å². The van der Waals surface area contributed by atoms with E-state index in [9.17, 15) is 4.79 Å². The van der Waals surface area contributed by atoms with Gasteiger partial charge in [-0.15, -0.1) is 0 Å². The molecule has 6 nitrogen and oxygen atoms in total. The molecule has 0 atom stereocenters. The average Bonchev–Trinajstić information content (AvgIpc) is 2.65. The van der Waals surface area contributed by atoms with Crippen molar-refractivity contribution in [1.29, 1.82) is 0 Å². The lowest BCUT2D eigenvalue weighted by Gasteiger charge is -2.14. The van der Waals surface area contributed by atoms with Gasteiger partial charge >= 0.3 is 6.03 Å². The number of carbonyl (C=O) groups excluding carboxylic acids is 1. The number of nitrogens with one attached hydrogen (secondary N) is 1. The third-order valence-corrected chi connectivity index (χ3v) is 2.08. The van der Waals surface area contributed by atoms with E-state index in [1.165, 1.54) is 10.9 Å². The molecule has 1 aromatic rings. The SMILES string of the molecule is O=C(NC1COCCOC1)n1ccnc1. The molecule has 2 heterocycles. The van der Waals surface area contributed by atoms with Crippen LogP contribution < -0.4 is 5.32 Å². The Morgan fingerprint density at radius 2 is 2.13 bits per heavy atom. The molecule has 1 N–H and O–H groups in total. The molecule has 2 rings (SSSR count). The Hall–Kier alpha value is -1.40. The minimum atomic E-state index is -0.216.